The molecule has 3 rings (SSSR count). The number of nitrogens with two attached hydrogens (primary N) is 1. The summed E-state index contributed by atoms with van der Waals surface area (Å²) in [6.45, 7) is 0. The average Bonchev–Trinajstić information content (AvgIpc) is 2.59. The Hall–Kier alpha value is -3.61. The number of urea groups is 1. The first-order valence-electron chi connectivity index (χ1n) is 7.41. The average molecular weight is 338 g/mol. The number of anilines is 3. The van der Waals surface area contributed by atoms with Gasteiger partial charge >= 0.3 is 6.03 Å². The highest BCUT2D eigenvalue weighted by atomic mass is 19.1. The van der Waals surface area contributed by atoms with Crippen molar-refractivity contribution in [3.63, 3.8) is 0 Å². The number of carbonyl (C=O) groups is 1. The highest BCUT2D eigenvalue weighted by Gasteiger charge is 2.05. The summed E-state index contributed by atoms with van der Waals surface area (Å²) in [5, 5.41) is 5.29. The van der Waals surface area contributed by atoms with E-state index in [1.54, 1.807) is 36.4 Å². The molecule has 0 saturated heterocycles. The van der Waals surface area contributed by atoms with E-state index in [2.05, 4.69) is 15.6 Å². The van der Waals surface area contributed by atoms with Gasteiger partial charge < -0.3 is 21.1 Å². The molecule has 2 aromatic carbocycles. The number of rotatable bonds is 4. The maximum Gasteiger partial charge on any atom is 0.323 e. The zero-order chi connectivity index (χ0) is 17.6. The lowest BCUT2D eigenvalue weighted by atomic mass is 10.3. The lowest BCUT2D eigenvalue weighted by Crippen LogP contribution is -2.19. The molecule has 4 N–H and O–H groups in total. The summed E-state index contributed by atoms with van der Waals surface area (Å²) < 4.78 is 18.5. The number of pyridine rings is 1. The van der Waals surface area contributed by atoms with Crippen molar-refractivity contribution in [3.05, 3.63) is 72.7 Å². The van der Waals surface area contributed by atoms with Gasteiger partial charge in [0.25, 0.3) is 0 Å². The van der Waals surface area contributed by atoms with E-state index in [1.807, 2.05) is 0 Å². The number of hydrogen-bond acceptors (Lipinski definition) is 4. The van der Waals surface area contributed by atoms with Gasteiger partial charge in [-0.05, 0) is 48.5 Å². The van der Waals surface area contributed by atoms with Crippen molar-refractivity contribution in [1.29, 1.82) is 0 Å². The minimum atomic E-state index is -0.446. The predicted molar refractivity (Wildman–Crippen MR) is 94.2 cm³/mol. The molecule has 0 saturated carbocycles. The third kappa shape index (κ3) is 4.68. The van der Waals surface area contributed by atoms with Crippen molar-refractivity contribution < 1.29 is 13.9 Å². The van der Waals surface area contributed by atoms with Crippen LogP contribution in [-0.2, 0) is 0 Å². The van der Waals surface area contributed by atoms with Crippen molar-refractivity contribution in [1.82, 2.24) is 4.98 Å². The van der Waals surface area contributed by atoms with E-state index >= 15 is 0 Å². The molecule has 1 aromatic heterocycles. The molecule has 2 amide bonds. The number of amides is 2. The third-order valence-corrected chi connectivity index (χ3v) is 3.19. The summed E-state index contributed by atoms with van der Waals surface area (Å²) in [6.07, 6.45) is 1.51. The van der Waals surface area contributed by atoms with Gasteiger partial charge in [-0.25, -0.2) is 14.2 Å². The monoisotopic (exact) mass is 338 g/mol. The van der Waals surface area contributed by atoms with Crippen LogP contribution in [0.4, 0.5) is 26.4 Å². The Morgan fingerprint density at radius 2 is 1.72 bits per heavy atom. The topological polar surface area (TPSA) is 89.3 Å². The molecule has 0 unspecified atom stereocenters. The molecule has 25 heavy (non-hydrogen) atoms. The first kappa shape index (κ1) is 16.3. The Morgan fingerprint density at radius 1 is 0.960 bits per heavy atom. The maximum absolute atomic E-state index is 12.9. The number of benzene rings is 2. The van der Waals surface area contributed by atoms with E-state index < -0.39 is 6.03 Å². The third-order valence-electron chi connectivity index (χ3n) is 3.19. The van der Waals surface area contributed by atoms with Gasteiger partial charge in [-0.3, -0.25) is 0 Å². The largest absolute Gasteiger partial charge is 0.456 e. The lowest BCUT2D eigenvalue weighted by Gasteiger charge is -2.10. The van der Waals surface area contributed by atoms with Crippen LogP contribution in [-0.4, -0.2) is 11.0 Å². The first-order valence-corrected chi connectivity index (χ1v) is 7.41. The number of halogens is 1. The van der Waals surface area contributed by atoms with Crippen LogP contribution in [0.3, 0.4) is 0 Å². The maximum atomic E-state index is 12.9. The molecule has 0 aliphatic heterocycles. The van der Waals surface area contributed by atoms with Crippen molar-refractivity contribution in [2.24, 2.45) is 0 Å². The zero-order valence-corrected chi connectivity index (χ0v) is 13.1. The molecule has 6 nitrogen and oxygen atoms in total. The van der Waals surface area contributed by atoms with Gasteiger partial charge in [-0.15, -0.1) is 0 Å². The van der Waals surface area contributed by atoms with Gasteiger partial charge in [0.15, 0.2) is 0 Å². The zero-order valence-electron chi connectivity index (χ0n) is 13.1. The number of carbonyl (C=O) groups excluding carboxylic acids is 1. The number of nitrogens with one attached hydrogen (secondary N) is 2. The van der Waals surface area contributed by atoms with Crippen LogP contribution < -0.4 is 21.1 Å². The molecule has 7 heteroatoms. The standard InChI is InChI=1S/C18H15FN4O2/c19-12-4-6-13(7-5-12)22-18(24)23-14-2-1-3-15(10-14)25-16-8-9-17(20)21-11-16/h1-11H,(H2,20,21)(H2,22,23,24). The predicted octanol–water partition coefficient (Wildman–Crippen LogP) is 4.24. The summed E-state index contributed by atoms with van der Waals surface area (Å²) in [6, 6.07) is 15.3. The Morgan fingerprint density at radius 3 is 2.44 bits per heavy atom. The lowest BCUT2D eigenvalue weighted by molar-refractivity contribution is 0.262. The SMILES string of the molecule is Nc1ccc(Oc2cccc(NC(=O)Nc3ccc(F)cc3)c2)cn1. The Balaban J connectivity index is 1.63. The summed E-state index contributed by atoms with van der Waals surface area (Å²) in [4.78, 5) is 15.9. The number of nitrogens with zero attached hydrogens (tertiary/aromatic N) is 1. The fraction of sp³-hybridized carbons (Fsp3) is 0. The summed E-state index contributed by atoms with van der Waals surface area (Å²) in [7, 11) is 0. The first-order chi connectivity index (χ1) is 12.1. The summed E-state index contributed by atoms with van der Waals surface area (Å²) in [5.74, 6) is 1.10. The Kier molecular flexibility index (Phi) is 4.75. The van der Waals surface area contributed by atoms with Gasteiger partial charge in [0, 0.05) is 17.4 Å². The van der Waals surface area contributed by atoms with E-state index in [1.165, 1.54) is 30.5 Å². The Bertz CT molecular complexity index is 867. The second-order valence-electron chi connectivity index (χ2n) is 5.13. The minimum Gasteiger partial charge on any atom is -0.456 e. The van der Waals surface area contributed by atoms with Crippen LogP contribution >= 0.6 is 0 Å². The second-order valence-corrected chi connectivity index (χ2v) is 5.13. The fourth-order valence-corrected chi connectivity index (χ4v) is 2.05. The highest BCUT2D eigenvalue weighted by Crippen LogP contribution is 2.24. The molecule has 0 radical (unpaired) electrons. The van der Waals surface area contributed by atoms with Gasteiger partial charge in [0.1, 0.15) is 23.1 Å². The highest BCUT2D eigenvalue weighted by molar-refractivity contribution is 5.99. The van der Waals surface area contributed by atoms with E-state index in [4.69, 9.17) is 10.5 Å². The molecule has 0 aliphatic rings. The molecular formula is C18H15FN4O2. The molecule has 0 spiro atoms. The van der Waals surface area contributed by atoms with Gasteiger partial charge in [-0.2, -0.15) is 0 Å². The minimum absolute atomic E-state index is 0.368. The molecule has 0 bridgehead atoms. The van der Waals surface area contributed by atoms with Crippen molar-refractivity contribution in [2.45, 2.75) is 0 Å². The van der Waals surface area contributed by atoms with Gasteiger partial charge in [0.2, 0.25) is 0 Å². The number of ether oxygens (including phenoxy) is 1. The summed E-state index contributed by atoms with van der Waals surface area (Å²) >= 11 is 0. The normalized spacial score (nSPS) is 10.1. The molecule has 126 valence electrons. The van der Waals surface area contributed by atoms with Gasteiger partial charge in [-0.1, -0.05) is 6.07 Å². The van der Waals surface area contributed by atoms with Crippen molar-refractivity contribution in [3.8, 4) is 11.5 Å². The second kappa shape index (κ2) is 7.31. The fourth-order valence-electron chi connectivity index (χ4n) is 2.05. The van der Waals surface area contributed by atoms with E-state index in [0.717, 1.165) is 0 Å². The molecule has 0 atom stereocenters. The van der Waals surface area contributed by atoms with E-state index in [9.17, 15) is 9.18 Å². The number of aromatic nitrogens is 1. The molecule has 1 heterocycles. The number of hydrogen-bond donors (Lipinski definition) is 3. The quantitative estimate of drug-likeness (QED) is 0.664. The molecule has 0 aliphatic carbocycles. The van der Waals surface area contributed by atoms with E-state index in [0.29, 0.717) is 28.7 Å². The van der Waals surface area contributed by atoms with Crippen molar-refractivity contribution >= 4 is 23.2 Å². The van der Waals surface area contributed by atoms with Crippen LogP contribution in [0.5, 0.6) is 11.5 Å². The van der Waals surface area contributed by atoms with Crippen LogP contribution in [0.2, 0.25) is 0 Å². The molecule has 3 aromatic rings. The van der Waals surface area contributed by atoms with Crippen molar-refractivity contribution in [2.75, 3.05) is 16.4 Å². The summed E-state index contributed by atoms with van der Waals surface area (Å²) in [5.41, 5.74) is 6.56. The van der Waals surface area contributed by atoms with Gasteiger partial charge in [0.05, 0.1) is 6.20 Å². The smallest absolute Gasteiger partial charge is 0.323 e. The Labute approximate surface area is 143 Å². The number of nitrogen functional groups attached to an aromatic ring is 1. The van der Waals surface area contributed by atoms with Crippen LogP contribution in [0.1, 0.15) is 0 Å². The van der Waals surface area contributed by atoms with Crippen LogP contribution in [0, 0.1) is 5.82 Å². The molecule has 0 fully saturated rings. The van der Waals surface area contributed by atoms with Crippen LogP contribution in [0.25, 0.3) is 0 Å². The molecular weight excluding hydrogens is 323 g/mol. The van der Waals surface area contributed by atoms with Crippen LogP contribution in [0.15, 0.2) is 66.9 Å². The van der Waals surface area contributed by atoms with E-state index in [-0.39, 0.29) is 5.82 Å².